The molecule has 1 amide bonds. The summed E-state index contributed by atoms with van der Waals surface area (Å²) < 4.78 is 195. The highest BCUT2D eigenvalue weighted by molar-refractivity contribution is 5.88. The number of carbonyl (C=O) groups excluding carboxylic acids is 2. The number of esters is 1. The zero-order valence-corrected chi connectivity index (χ0v) is 21.5. The van der Waals surface area contributed by atoms with Crippen LogP contribution < -0.4 is 4.74 Å². The van der Waals surface area contributed by atoms with Gasteiger partial charge in [0.1, 0.15) is 12.4 Å². The van der Waals surface area contributed by atoms with Gasteiger partial charge in [-0.3, -0.25) is 4.79 Å². The second-order valence-corrected chi connectivity index (χ2v) is 9.16. The molecule has 0 spiro atoms. The van der Waals surface area contributed by atoms with E-state index in [4.69, 9.17) is 4.74 Å². The van der Waals surface area contributed by atoms with E-state index in [9.17, 15) is 71.1 Å². The van der Waals surface area contributed by atoms with Crippen LogP contribution in [0.15, 0.2) is 42.5 Å². The summed E-state index contributed by atoms with van der Waals surface area (Å²) in [6, 6.07) is 8.14. The first-order chi connectivity index (χ1) is 19.3. The Hall–Kier alpha value is -3.54. The van der Waals surface area contributed by atoms with Crippen molar-refractivity contribution in [3.05, 3.63) is 42.5 Å². The summed E-state index contributed by atoms with van der Waals surface area (Å²) in [5, 5.41) is 0.676. The lowest BCUT2D eigenvalue weighted by Gasteiger charge is -2.36. The number of hydrogen-bond donors (Lipinski definition) is 0. The third-order valence-electron chi connectivity index (χ3n) is 5.76. The predicted molar refractivity (Wildman–Crippen MR) is 118 cm³/mol. The molecule has 2 rings (SSSR count). The predicted octanol–water partition coefficient (Wildman–Crippen LogP) is 7.03. The number of nitrogens with zero attached hydrogens (tertiary/aromatic N) is 1. The maximum absolute atomic E-state index is 14.2. The zero-order chi connectivity index (χ0) is 33.4. The molecule has 0 fully saturated rings. The molecule has 5 nitrogen and oxygen atoms in total. The lowest BCUT2D eigenvalue weighted by Crippen LogP contribution is -2.62. The molecule has 1 unspecified atom stereocenters. The van der Waals surface area contributed by atoms with Crippen LogP contribution in [0.25, 0.3) is 10.8 Å². The summed E-state index contributed by atoms with van der Waals surface area (Å²) in [5.41, 5.74) is 0. The standard InChI is InChI=1S/C24H19F14NO4/c1-12(2)39(17(40)19(25,26)21(29,30)23(33,34)35)10-14(43-18(41)20(27,28)22(31,32)24(36,37)38)11-42-16-9-5-7-13-6-3-4-8-15(13)16/h3-9,12,14H,10-11H2,1-2H3. The molecule has 43 heavy (non-hydrogen) atoms. The van der Waals surface area contributed by atoms with Crippen LogP contribution in [0.3, 0.4) is 0 Å². The topological polar surface area (TPSA) is 55.8 Å². The van der Waals surface area contributed by atoms with Crippen LogP contribution >= 0.6 is 0 Å². The zero-order valence-electron chi connectivity index (χ0n) is 21.5. The van der Waals surface area contributed by atoms with E-state index >= 15 is 0 Å². The number of benzene rings is 2. The van der Waals surface area contributed by atoms with Gasteiger partial charge in [0.15, 0.2) is 6.10 Å². The molecular formula is C24H19F14NO4. The van der Waals surface area contributed by atoms with E-state index in [1.54, 1.807) is 6.07 Å². The fourth-order valence-corrected chi connectivity index (χ4v) is 3.40. The van der Waals surface area contributed by atoms with E-state index in [0.29, 0.717) is 5.39 Å². The van der Waals surface area contributed by atoms with Gasteiger partial charge in [-0.2, -0.15) is 61.5 Å². The first-order valence-electron chi connectivity index (χ1n) is 11.6. The maximum Gasteiger partial charge on any atom is 0.460 e. The van der Waals surface area contributed by atoms with Crippen LogP contribution in [0.4, 0.5) is 61.5 Å². The molecule has 0 saturated heterocycles. The Kier molecular flexibility index (Phi) is 9.83. The van der Waals surface area contributed by atoms with Crippen LogP contribution in [0.5, 0.6) is 5.75 Å². The number of hydrogen-bond acceptors (Lipinski definition) is 4. The van der Waals surface area contributed by atoms with Crippen LogP contribution in [-0.2, 0) is 14.3 Å². The van der Waals surface area contributed by atoms with Crippen molar-refractivity contribution in [1.82, 2.24) is 4.90 Å². The molecule has 2 aromatic carbocycles. The van der Waals surface area contributed by atoms with Gasteiger partial charge in [-0.1, -0.05) is 36.4 Å². The second kappa shape index (κ2) is 11.9. The summed E-state index contributed by atoms with van der Waals surface area (Å²) in [6.07, 6.45) is -16.7. The first kappa shape index (κ1) is 35.7. The highest BCUT2D eigenvalue weighted by Gasteiger charge is 2.78. The van der Waals surface area contributed by atoms with Crippen molar-refractivity contribution in [2.45, 2.75) is 62.0 Å². The second-order valence-electron chi connectivity index (χ2n) is 9.16. The number of halogens is 14. The van der Waals surface area contributed by atoms with Gasteiger partial charge >= 0.3 is 42.0 Å². The molecule has 0 bridgehead atoms. The van der Waals surface area contributed by atoms with Gasteiger partial charge < -0.3 is 14.4 Å². The van der Waals surface area contributed by atoms with Crippen molar-refractivity contribution in [3.8, 4) is 5.75 Å². The molecular weight excluding hydrogens is 632 g/mol. The van der Waals surface area contributed by atoms with Gasteiger partial charge in [0.25, 0.3) is 5.91 Å². The molecule has 242 valence electrons. The fourth-order valence-electron chi connectivity index (χ4n) is 3.40. The molecule has 2 aromatic rings. The minimum Gasteiger partial charge on any atom is -0.489 e. The number of alkyl halides is 14. The number of carbonyl (C=O) groups is 2. The quantitative estimate of drug-likeness (QED) is 0.194. The van der Waals surface area contributed by atoms with Crippen molar-refractivity contribution in [2.24, 2.45) is 0 Å². The number of fused-ring (bicyclic) bond motifs is 1. The highest BCUT2D eigenvalue weighted by Crippen LogP contribution is 2.48. The van der Waals surface area contributed by atoms with Crippen molar-refractivity contribution < 1.29 is 80.5 Å². The SMILES string of the molecule is CC(C)N(CC(COc1cccc2ccccc12)OC(=O)C(F)(F)C(F)(F)C(F)(F)F)C(=O)C(F)(F)C(F)(F)C(F)(F)F. The average molecular weight is 651 g/mol. The fraction of sp³-hybridized carbons (Fsp3) is 0.500. The molecule has 0 aliphatic carbocycles. The van der Waals surface area contributed by atoms with E-state index in [0.717, 1.165) is 13.8 Å². The molecule has 0 radical (unpaired) electrons. The largest absolute Gasteiger partial charge is 0.489 e. The average Bonchev–Trinajstić information content (AvgIpc) is 2.87. The number of rotatable bonds is 11. The Morgan fingerprint density at radius 1 is 0.721 bits per heavy atom. The number of ether oxygens (including phenoxy) is 2. The van der Waals surface area contributed by atoms with Gasteiger partial charge in [-0.15, -0.1) is 0 Å². The van der Waals surface area contributed by atoms with E-state index < -0.39 is 78.1 Å². The Labute approximate surface area is 232 Å². The molecule has 0 saturated carbocycles. The summed E-state index contributed by atoms with van der Waals surface area (Å²) in [4.78, 5) is 23.6. The van der Waals surface area contributed by atoms with Gasteiger partial charge in [0, 0.05) is 11.4 Å². The number of amides is 1. The van der Waals surface area contributed by atoms with Crippen molar-refractivity contribution in [3.63, 3.8) is 0 Å². The van der Waals surface area contributed by atoms with Crippen molar-refractivity contribution in [1.29, 1.82) is 0 Å². The van der Waals surface area contributed by atoms with Crippen LogP contribution in [0, 0.1) is 0 Å². The summed E-state index contributed by atoms with van der Waals surface area (Å²) in [5.74, 6) is -34.3. The monoisotopic (exact) mass is 651 g/mol. The summed E-state index contributed by atoms with van der Waals surface area (Å²) in [7, 11) is 0. The molecule has 0 aromatic heterocycles. The van der Waals surface area contributed by atoms with Gasteiger partial charge in [0.2, 0.25) is 0 Å². The highest BCUT2D eigenvalue weighted by atomic mass is 19.4. The van der Waals surface area contributed by atoms with E-state index in [1.807, 2.05) is 0 Å². The Morgan fingerprint density at radius 3 is 1.72 bits per heavy atom. The minimum atomic E-state index is -7.05. The Bertz CT molecular complexity index is 1300. The molecule has 0 aliphatic heterocycles. The van der Waals surface area contributed by atoms with Gasteiger partial charge in [-0.25, -0.2) is 4.79 Å². The summed E-state index contributed by atoms with van der Waals surface area (Å²) in [6.45, 7) is -1.69. The van der Waals surface area contributed by atoms with E-state index in [2.05, 4.69) is 4.74 Å². The van der Waals surface area contributed by atoms with E-state index in [1.165, 1.54) is 36.4 Å². The van der Waals surface area contributed by atoms with Crippen LogP contribution in [-0.4, -0.2) is 78.1 Å². The summed E-state index contributed by atoms with van der Waals surface area (Å²) >= 11 is 0. The molecule has 0 aliphatic rings. The maximum atomic E-state index is 14.2. The lowest BCUT2D eigenvalue weighted by atomic mass is 10.1. The van der Waals surface area contributed by atoms with Crippen LogP contribution in [0.1, 0.15) is 13.8 Å². The smallest absolute Gasteiger partial charge is 0.460 e. The van der Waals surface area contributed by atoms with E-state index in [-0.39, 0.29) is 11.1 Å². The minimum absolute atomic E-state index is 0.206. The lowest BCUT2D eigenvalue weighted by molar-refractivity contribution is -0.349. The third kappa shape index (κ3) is 6.84. The van der Waals surface area contributed by atoms with Crippen molar-refractivity contribution >= 4 is 22.6 Å². The molecule has 0 heterocycles. The molecule has 0 N–H and O–H groups in total. The normalized spacial score (nSPS) is 14.5. The molecule has 1 atom stereocenters. The van der Waals surface area contributed by atoms with Gasteiger partial charge in [-0.05, 0) is 25.3 Å². The Balaban J connectivity index is 2.51. The molecule has 19 heteroatoms. The Morgan fingerprint density at radius 2 is 1.21 bits per heavy atom. The third-order valence-corrected chi connectivity index (χ3v) is 5.76. The van der Waals surface area contributed by atoms with Crippen molar-refractivity contribution in [2.75, 3.05) is 13.2 Å². The van der Waals surface area contributed by atoms with Gasteiger partial charge in [0.05, 0.1) is 6.54 Å². The first-order valence-corrected chi connectivity index (χ1v) is 11.6. The van der Waals surface area contributed by atoms with Crippen LogP contribution in [0.2, 0.25) is 0 Å².